The van der Waals surface area contributed by atoms with Gasteiger partial charge in [-0.2, -0.15) is 0 Å². The molecule has 122 valence electrons. The predicted molar refractivity (Wildman–Crippen MR) is 93.0 cm³/mol. The van der Waals surface area contributed by atoms with Crippen LogP contribution in [0.1, 0.15) is 16.5 Å². The van der Waals surface area contributed by atoms with Crippen molar-refractivity contribution >= 4 is 17.2 Å². The fraction of sp³-hybridized carbons (Fsp3) is 0.389. The zero-order valence-corrected chi connectivity index (χ0v) is 14.4. The van der Waals surface area contributed by atoms with E-state index in [-0.39, 0.29) is 11.9 Å². The molecule has 1 saturated heterocycles. The number of carbonyl (C=O) groups is 1. The van der Waals surface area contributed by atoms with E-state index in [1.165, 1.54) is 0 Å². The summed E-state index contributed by atoms with van der Waals surface area (Å²) in [5.41, 5.74) is 1.14. The number of likely N-dealkylation sites (N-methyl/N-ethyl adjacent to an activating group) is 1. The highest BCUT2D eigenvalue weighted by molar-refractivity contribution is 7.10. The Bertz CT molecular complexity index is 657. The number of methoxy groups -OCH3 is 1. The van der Waals surface area contributed by atoms with Crippen molar-refractivity contribution in [1.29, 1.82) is 0 Å². The van der Waals surface area contributed by atoms with Crippen LogP contribution in [-0.2, 0) is 11.2 Å². The van der Waals surface area contributed by atoms with Crippen LogP contribution in [-0.4, -0.2) is 49.5 Å². The first-order chi connectivity index (χ1) is 11.2. The lowest BCUT2D eigenvalue weighted by Gasteiger charge is -2.40. The highest BCUT2D eigenvalue weighted by Gasteiger charge is 2.30. The maximum absolute atomic E-state index is 12.6. The quantitative estimate of drug-likeness (QED) is 0.864. The Labute approximate surface area is 141 Å². The summed E-state index contributed by atoms with van der Waals surface area (Å²) in [5.74, 6) is 1.09. The molecule has 5 heteroatoms. The Morgan fingerprint density at radius 1 is 1.26 bits per heavy atom. The summed E-state index contributed by atoms with van der Waals surface area (Å²) >= 11 is 1.64. The van der Waals surface area contributed by atoms with E-state index in [9.17, 15) is 4.79 Å². The molecule has 1 unspecified atom stereocenters. The van der Waals surface area contributed by atoms with E-state index in [1.54, 1.807) is 18.4 Å². The molecule has 1 aromatic carbocycles. The Kier molecular flexibility index (Phi) is 4.98. The summed E-state index contributed by atoms with van der Waals surface area (Å²) < 4.78 is 5.50. The summed E-state index contributed by atoms with van der Waals surface area (Å²) in [6.07, 6.45) is 0.500. The minimum atomic E-state index is 0.173. The van der Waals surface area contributed by atoms with E-state index >= 15 is 0 Å². The van der Waals surface area contributed by atoms with Gasteiger partial charge < -0.3 is 9.64 Å². The molecule has 0 spiro atoms. The van der Waals surface area contributed by atoms with Crippen molar-refractivity contribution in [3.05, 3.63) is 52.2 Å². The lowest BCUT2D eigenvalue weighted by Crippen LogP contribution is -2.49. The van der Waals surface area contributed by atoms with Gasteiger partial charge in [0.1, 0.15) is 5.75 Å². The van der Waals surface area contributed by atoms with Gasteiger partial charge in [0.05, 0.1) is 19.6 Å². The molecule has 1 fully saturated rings. The topological polar surface area (TPSA) is 32.8 Å². The van der Waals surface area contributed by atoms with Gasteiger partial charge in [-0.25, -0.2) is 0 Å². The molecule has 3 rings (SSSR count). The Morgan fingerprint density at radius 2 is 2.09 bits per heavy atom. The van der Waals surface area contributed by atoms with Crippen LogP contribution in [0, 0.1) is 0 Å². The van der Waals surface area contributed by atoms with Gasteiger partial charge in [-0.15, -0.1) is 11.3 Å². The van der Waals surface area contributed by atoms with Gasteiger partial charge >= 0.3 is 0 Å². The van der Waals surface area contributed by atoms with Crippen molar-refractivity contribution in [2.45, 2.75) is 12.5 Å². The van der Waals surface area contributed by atoms with Gasteiger partial charge in [-0.1, -0.05) is 24.3 Å². The molecule has 2 heterocycles. The molecule has 4 nitrogen and oxygen atoms in total. The SMILES string of the molecule is COc1ccccc1C1CN(C(=O)Cc2cccs2)CCN1C. The van der Waals surface area contributed by atoms with Crippen molar-refractivity contribution in [3.8, 4) is 5.75 Å². The molecule has 0 saturated carbocycles. The zero-order valence-electron chi connectivity index (χ0n) is 13.6. The number of amides is 1. The molecule has 1 atom stereocenters. The number of hydrogen-bond acceptors (Lipinski definition) is 4. The highest BCUT2D eigenvalue weighted by Crippen LogP contribution is 2.31. The van der Waals surface area contributed by atoms with Crippen LogP contribution in [0.2, 0.25) is 0 Å². The molecule has 1 amide bonds. The molecule has 2 aromatic rings. The second-order valence-corrected chi connectivity index (χ2v) is 6.87. The fourth-order valence-electron chi connectivity index (χ4n) is 3.05. The number of ether oxygens (including phenoxy) is 1. The van der Waals surface area contributed by atoms with E-state index in [4.69, 9.17) is 4.74 Å². The first-order valence-corrected chi connectivity index (χ1v) is 8.70. The minimum absolute atomic E-state index is 0.173. The summed E-state index contributed by atoms with van der Waals surface area (Å²) in [6, 6.07) is 12.3. The van der Waals surface area contributed by atoms with Crippen LogP contribution in [0.3, 0.4) is 0 Å². The van der Waals surface area contributed by atoms with Crippen molar-refractivity contribution in [1.82, 2.24) is 9.80 Å². The Balaban J connectivity index is 1.75. The number of rotatable bonds is 4. The Hall–Kier alpha value is -1.85. The third kappa shape index (κ3) is 3.57. The Morgan fingerprint density at radius 3 is 2.83 bits per heavy atom. The minimum Gasteiger partial charge on any atom is -0.496 e. The van der Waals surface area contributed by atoms with Gasteiger partial charge in [0.15, 0.2) is 0 Å². The number of piperazine rings is 1. The van der Waals surface area contributed by atoms with Crippen LogP contribution in [0.25, 0.3) is 0 Å². The van der Waals surface area contributed by atoms with Gasteiger partial charge in [-0.3, -0.25) is 9.69 Å². The first-order valence-electron chi connectivity index (χ1n) is 7.82. The third-order valence-corrected chi connectivity index (χ3v) is 5.28. The largest absolute Gasteiger partial charge is 0.496 e. The van der Waals surface area contributed by atoms with Crippen molar-refractivity contribution in [3.63, 3.8) is 0 Å². The molecule has 1 aromatic heterocycles. The van der Waals surface area contributed by atoms with Crippen molar-refractivity contribution in [2.24, 2.45) is 0 Å². The fourth-order valence-corrected chi connectivity index (χ4v) is 3.75. The van der Waals surface area contributed by atoms with Gasteiger partial charge in [-0.05, 0) is 24.6 Å². The van der Waals surface area contributed by atoms with Gasteiger partial charge in [0.2, 0.25) is 5.91 Å². The van der Waals surface area contributed by atoms with Crippen molar-refractivity contribution in [2.75, 3.05) is 33.8 Å². The number of benzene rings is 1. The van der Waals surface area contributed by atoms with Crippen LogP contribution in [0.4, 0.5) is 0 Å². The highest BCUT2D eigenvalue weighted by atomic mass is 32.1. The number of carbonyl (C=O) groups excluding carboxylic acids is 1. The predicted octanol–water partition coefficient (Wildman–Crippen LogP) is 2.81. The van der Waals surface area contributed by atoms with Crippen molar-refractivity contribution < 1.29 is 9.53 Å². The lowest BCUT2D eigenvalue weighted by atomic mass is 10.0. The smallest absolute Gasteiger partial charge is 0.227 e. The normalized spacial score (nSPS) is 18.9. The van der Waals surface area contributed by atoms with Crippen LogP contribution >= 0.6 is 11.3 Å². The summed E-state index contributed by atoms with van der Waals surface area (Å²) in [5, 5.41) is 2.02. The van der Waals surface area contributed by atoms with E-state index < -0.39 is 0 Å². The molecular formula is C18H22N2O2S. The number of nitrogens with zero attached hydrogens (tertiary/aromatic N) is 2. The van der Waals surface area contributed by atoms with Crippen LogP contribution < -0.4 is 4.74 Å². The molecular weight excluding hydrogens is 308 g/mol. The third-order valence-electron chi connectivity index (χ3n) is 4.40. The van der Waals surface area contributed by atoms with E-state index in [0.717, 1.165) is 29.3 Å². The maximum Gasteiger partial charge on any atom is 0.227 e. The van der Waals surface area contributed by atoms with Gasteiger partial charge in [0, 0.05) is 30.1 Å². The number of hydrogen-bond donors (Lipinski definition) is 0. The molecule has 1 aliphatic heterocycles. The molecule has 0 radical (unpaired) electrons. The summed E-state index contributed by atoms with van der Waals surface area (Å²) in [7, 11) is 3.81. The van der Waals surface area contributed by atoms with E-state index in [1.807, 2.05) is 40.6 Å². The zero-order chi connectivity index (χ0) is 16.2. The standard InChI is InChI=1S/C18H22N2O2S/c1-19-9-10-20(18(21)12-14-6-5-11-23-14)13-16(19)15-7-3-4-8-17(15)22-2/h3-8,11,16H,9-10,12-13H2,1-2H3. The molecule has 0 N–H and O–H groups in total. The average Bonchev–Trinajstić information content (AvgIpc) is 3.08. The maximum atomic E-state index is 12.6. The average molecular weight is 330 g/mol. The molecule has 0 aliphatic carbocycles. The molecule has 0 bridgehead atoms. The molecule has 1 aliphatic rings. The number of para-hydroxylation sites is 1. The first kappa shape index (κ1) is 16.0. The second-order valence-electron chi connectivity index (χ2n) is 5.83. The summed E-state index contributed by atoms with van der Waals surface area (Å²) in [6.45, 7) is 2.37. The second kappa shape index (κ2) is 7.15. The van der Waals surface area contributed by atoms with E-state index in [0.29, 0.717) is 13.0 Å². The van der Waals surface area contributed by atoms with Gasteiger partial charge in [0.25, 0.3) is 0 Å². The number of thiophene rings is 1. The summed E-state index contributed by atoms with van der Waals surface area (Å²) in [4.78, 5) is 18.0. The van der Waals surface area contributed by atoms with Crippen LogP contribution in [0.5, 0.6) is 5.75 Å². The van der Waals surface area contributed by atoms with Crippen LogP contribution in [0.15, 0.2) is 41.8 Å². The lowest BCUT2D eigenvalue weighted by molar-refractivity contribution is -0.133. The molecule has 23 heavy (non-hydrogen) atoms. The monoisotopic (exact) mass is 330 g/mol. The van der Waals surface area contributed by atoms with E-state index in [2.05, 4.69) is 18.0 Å².